The minimum Gasteiger partial charge on any atom is -0.348 e. The van der Waals surface area contributed by atoms with Crippen LogP contribution < -0.4 is 5.32 Å². The van der Waals surface area contributed by atoms with Crippen molar-refractivity contribution in [3.05, 3.63) is 42.0 Å². The highest BCUT2D eigenvalue weighted by atomic mass is 16.2. The van der Waals surface area contributed by atoms with Crippen molar-refractivity contribution in [3.8, 4) is 11.1 Å². The summed E-state index contributed by atoms with van der Waals surface area (Å²) in [6.07, 6.45) is 9.35. The number of fused-ring (bicyclic) bond motifs is 1. The molecule has 126 valence electrons. The molecule has 2 atom stereocenters. The summed E-state index contributed by atoms with van der Waals surface area (Å²) < 4.78 is 2.07. The van der Waals surface area contributed by atoms with E-state index in [-0.39, 0.29) is 11.9 Å². The predicted octanol–water partition coefficient (Wildman–Crippen LogP) is 2.84. The Kier molecular flexibility index (Phi) is 3.88. The molecule has 0 aromatic carbocycles. The minimum absolute atomic E-state index is 0.0193. The van der Waals surface area contributed by atoms with E-state index in [2.05, 4.69) is 46.0 Å². The van der Waals surface area contributed by atoms with Gasteiger partial charge in [-0.2, -0.15) is 0 Å². The minimum atomic E-state index is 0.0193. The number of carbonyl (C=O) groups excluding carboxylic acids is 1. The molecule has 5 nitrogen and oxygen atoms in total. The lowest BCUT2D eigenvalue weighted by Crippen LogP contribution is -2.30. The van der Waals surface area contributed by atoms with E-state index in [9.17, 15) is 4.79 Å². The first-order chi connectivity index (χ1) is 11.6. The molecular formula is C19H24N4O. The third-order valence-electron chi connectivity index (χ3n) is 5.31. The zero-order valence-corrected chi connectivity index (χ0v) is 14.3. The molecule has 4 heterocycles. The van der Waals surface area contributed by atoms with Crippen LogP contribution in [0, 0.1) is 0 Å². The van der Waals surface area contributed by atoms with E-state index in [0.29, 0.717) is 6.04 Å². The molecule has 4 rings (SSSR count). The number of likely N-dealkylation sites (tertiary alicyclic amines) is 1. The van der Waals surface area contributed by atoms with Crippen LogP contribution >= 0.6 is 0 Å². The lowest BCUT2D eigenvalue weighted by Gasteiger charge is -2.19. The highest BCUT2D eigenvalue weighted by Crippen LogP contribution is 2.32. The van der Waals surface area contributed by atoms with Gasteiger partial charge in [0.05, 0.1) is 0 Å². The number of nitrogens with one attached hydrogen (secondary N) is 1. The monoisotopic (exact) mass is 324 g/mol. The number of aryl methyl sites for hydroxylation is 1. The molecule has 5 heteroatoms. The first-order valence-electron chi connectivity index (χ1n) is 8.78. The van der Waals surface area contributed by atoms with E-state index in [1.54, 1.807) is 0 Å². The Bertz CT molecular complexity index is 766. The first kappa shape index (κ1) is 15.4. The van der Waals surface area contributed by atoms with Crippen LogP contribution in [0.5, 0.6) is 0 Å². The maximum atomic E-state index is 12.3. The standard InChI is InChI=1S/C19H24N4O/c1-13-5-7-23-12-16(9-18(23)19(24)21-13)14-8-15(11-20-10-14)17-4-3-6-22(17)2/h8-13,17H,3-7H2,1-2H3,(H,21,24)/t13?,17-/m0/s1. The molecule has 1 unspecified atom stereocenters. The zero-order chi connectivity index (χ0) is 16.7. The summed E-state index contributed by atoms with van der Waals surface area (Å²) in [6, 6.07) is 4.91. The fraction of sp³-hybridized carbons (Fsp3) is 0.474. The quantitative estimate of drug-likeness (QED) is 0.924. The highest BCUT2D eigenvalue weighted by molar-refractivity contribution is 5.94. The van der Waals surface area contributed by atoms with Gasteiger partial charge in [0, 0.05) is 48.3 Å². The first-order valence-corrected chi connectivity index (χ1v) is 8.78. The largest absolute Gasteiger partial charge is 0.348 e. The number of rotatable bonds is 2. The Morgan fingerprint density at radius 3 is 2.83 bits per heavy atom. The van der Waals surface area contributed by atoms with Gasteiger partial charge in [-0.05, 0) is 57.5 Å². The van der Waals surface area contributed by atoms with Crippen LogP contribution in [-0.2, 0) is 6.54 Å². The Hall–Kier alpha value is -2.14. The SMILES string of the molecule is CC1CCn2cc(-c3cncc([C@@H]4CCCN4C)c3)cc2C(=O)N1. The van der Waals surface area contributed by atoms with Gasteiger partial charge in [0.15, 0.2) is 0 Å². The Morgan fingerprint density at radius 2 is 2.04 bits per heavy atom. The summed E-state index contributed by atoms with van der Waals surface area (Å²) >= 11 is 0. The van der Waals surface area contributed by atoms with Gasteiger partial charge < -0.3 is 9.88 Å². The third kappa shape index (κ3) is 2.73. The van der Waals surface area contributed by atoms with Crippen molar-refractivity contribution < 1.29 is 4.79 Å². The van der Waals surface area contributed by atoms with Crippen molar-refractivity contribution in [2.24, 2.45) is 0 Å². The van der Waals surface area contributed by atoms with Gasteiger partial charge in [-0.15, -0.1) is 0 Å². The maximum Gasteiger partial charge on any atom is 0.268 e. The molecule has 2 aromatic heterocycles. The van der Waals surface area contributed by atoms with Crippen LogP contribution in [0.2, 0.25) is 0 Å². The van der Waals surface area contributed by atoms with Crippen molar-refractivity contribution in [1.29, 1.82) is 0 Å². The van der Waals surface area contributed by atoms with Gasteiger partial charge in [0.1, 0.15) is 5.69 Å². The Morgan fingerprint density at radius 1 is 1.17 bits per heavy atom. The normalized spacial score (nSPS) is 24.5. The summed E-state index contributed by atoms with van der Waals surface area (Å²) in [6.45, 7) is 4.07. The van der Waals surface area contributed by atoms with Gasteiger partial charge in [-0.3, -0.25) is 14.7 Å². The van der Waals surface area contributed by atoms with E-state index in [0.717, 1.165) is 36.3 Å². The summed E-state index contributed by atoms with van der Waals surface area (Å²) in [5.74, 6) is 0.0193. The Labute approximate surface area is 142 Å². The molecule has 0 aliphatic carbocycles. The third-order valence-corrected chi connectivity index (χ3v) is 5.31. The number of amides is 1. The van der Waals surface area contributed by atoms with Gasteiger partial charge in [-0.1, -0.05) is 0 Å². The number of aromatic nitrogens is 2. The molecule has 0 saturated carbocycles. The van der Waals surface area contributed by atoms with Crippen LogP contribution in [0.4, 0.5) is 0 Å². The van der Waals surface area contributed by atoms with Crippen LogP contribution in [0.15, 0.2) is 30.7 Å². The number of hydrogen-bond acceptors (Lipinski definition) is 3. The second kappa shape index (κ2) is 6.06. The van der Waals surface area contributed by atoms with Gasteiger partial charge >= 0.3 is 0 Å². The molecule has 2 aliphatic heterocycles. The zero-order valence-electron chi connectivity index (χ0n) is 14.3. The van der Waals surface area contributed by atoms with Crippen LogP contribution in [0.25, 0.3) is 11.1 Å². The summed E-state index contributed by atoms with van der Waals surface area (Å²) in [7, 11) is 2.18. The van der Waals surface area contributed by atoms with Crippen LogP contribution in [0.1, 0.15) is 48.3 Å². The smallest absolute Gasteiger partial charge is 0.268 e. The highest BCUT2D eigenvalue weighted by Gasteiger charge is 2.24. The average Bonchev–Trinajstić information content (AvgIpc) is 3.16. The fourth-order valence-electron chi connectivity index (χ4n) is 3.88. The molecule has 0 radical (unpaired) electrons. The number of pyridine rings is 1. The van der Waals surface area contributed by atoms with Crippen molar-refractivity contribution in [2.75, 3.05) is 13.6 Å². The van der Waals surface area contributed by atoms with Crippen molar-refractivity contribution in [3.63, 3.8) is 0 Å². The Balaban J connectivity index is 1.67. The summed E-state index contributed by atoms with van der Waals surface area (Å²) in [5, 5.41) is 3.04. The van der Waals surface area contributed by atoms with E-state index < -0.39 is 0 Å². The fourth-order valence-corrected chi connectivity index (χ4v) is 3.88. The molecular weight excluding hydrogens is 300 g/mol. The topological polar surface area (TPSA) is 50.2 Å². The molecule has 24 heavy (non-hydrogen) atoms. The van der Waals surface area contributed by atoms with Crippen molar-refractivity contribution >= 4 is 5.91 Å². The molecule has 1 saturated heterocycles. The number of hydrogen-bond donors (Lipinski definition) is 1. The van der Waals surface area contributed by atoms with Gasteiger partial charge in [0.25, 0.3) is 5.91 Å². The predicted molar refractivity (Wildman–Crippen MR) is 93.8 cm³/mol. The maximum absolute atomic E-state index is 12.3. The van der Waals surface area contributed by atoms with E-state index in [4.69, 9.17) is 0 Å². The average molecular weight is 324 g/mol. The van der Waals surface area contributed by atoms with E-state index in [1.165, 1.54) is 18.4 Å². The second-order valence-corrected chi connectivity index (χ2v) is 7.12. The summed E-state index contributed by atoms with van der Waals surface area (Å²) in [4.78, 5) is 19.2. The second-order valence-electron chi connectivity index (χ2n) is 7.12. The van der Waals surface area contributed by atoms with Crippen molar-refractivity contribution in [2.45, 2.75) is 44.8 Å². The summed E-state index contributed by atoms with van der Waals surface area (Å²) in [5.41, 5.74) is 4.18. The van der Waals surface area contributed by atoms with E-state index >= 15 is 0 Å². The molecule has 1 amide bonds. The molecule has 2 aromatic rings. The number of nitrogens with zero attached hydrogens (tertiary/aromatic N) is 3. The molecule has 1 fully saturated rings. The molecule has 1 N–H and O–H groups in total. The number of carbonyl (C=O) groups is 1. The van der Waals surface area contributed by atoms with Gasteiger partial charge in [-0.25, -0.2) is 0 Å². The molecule has 0 spiro atoms. The van der Waals surface area contributed by atoms with Crippen molar-refractivity contribution in [1.82, 2.24) is 19.8 Å². The van der Waals surface area contributed by atoms with E-state index in [1.807, 2.05) is 18.5 Å². The lowest BCUT2D eigenvalue weighted by atomic mass is 10.0. The van der Waals surface area contributed by atoms with Crippen LogP contribution in [-0.4, -0.2) is 40.0 Å². The molecule has 2 aliphatic rings. The van der Waals surface area contributed by atoms with Crippen LogP contribution in [0.3, 0.4) is 0 Å². The van der Waals surface area contributed by atoms with Gasteiger partial charge in [0.2, 0.25) is 0 Å². The molecule has 0 bridgehead atoms. The lowest BCUT2D eigenvalue weighted by molar-refractivity contribution is 0.0938.